The summed E-state index contributed by atoms with van der Waals surface area (Å²) < 4.78 is 5.41. The minimum Gasteiger partial charge on any atom is -0.359 e. The van der Waals surface area contributed by atoms with Crippen LogP contribution in [0.4, 0.5) is 0 Å². The van der Waals surface area contributed by atoms with E-state index < -0.39 is 0 Å². The molecule has 27 heavy (non-hydrogen) atoms. The molecule has 1 saturated heterocycles. The Morgan fingerprint density at radius 1 is 1.26 bits per heavy atom. The first-order chi connectivity index (χ1) is 12.7. The molecular weight excluding hydrogens is 457 g/mol. The van der Waals surface area contributed by atoms with Crippen LogP contribution < -0.4 is 10.6 Å². The molecule has 8 heteroatoms. The molecule has 7 nitrogen and oxygen atoms in total. The molecule has 1 aliphatic heterocycles. The van der Waals surface area contributed by atoms with Gasteiger partial charge in [0, 0.05) is 44.6 Å². The van der Waals surface area contributed by atoms with Crippen LogP contribution in [0.5, 0.6) is 0 Å². The van der Waals surface area contributed by atoms with Gasteiger partial charge in [-0.05, 0) is 32.6 Å². The molecule has 0 aromatic carbocycles. The van der Waals surface area contributed by atoms with E-state index in [2.05, 4.69) is 34.6 Å². The number of amides is 1. The molecule has 0 radical (unpaired) electrons. The lowest BCUT2D eigenvalue weighted by Gasteiger charge is -2.16. The van der Waals surface area contributed by atoms with E-state index in [1.807, 2.05) is 17.9 Å². The molecule has 0 unspecified atom stereocenters. The number of likely N-dealkylation sites (tertiary alicyclic amines) is 1. The molecule has 0 spiro atoms. The molecule has 1 fully saturated rings. The summed E-state index contributed by atoms with van der Waals surface area (Å²) in [7, 11) is 0. The minimum atomic E-state index is 0. The second kappa shape index (κ2) is 13.0. The van der Waals surface area contributed by atoms with E-state index in [0.717, 1.165) is 56.8 Å². The first kappa shape index (κ1) is 23.7. The number of hydrogen-bond acceptors (Lipinski definition) is 4. The predicted molar refractivity (Wildman–Crippen MR) is 118 cm³/mol. The number of aliphatic imine (C=N–C) groups is 1. The molecule has 2 rings (SSSR count). The highest BCUT2D eigenvalue weighted by Gasteiger charge is 2.17. The molecule has 0 saturated carbocycles. The van der Waals surface area contributed by atoms with Crippen molar-refractivity contribution >= 4 is 35.8 Å². The third kappa shape index (κ3) is 7.67. The smallest absolute Gasteiger partial charge is 0.224 e. The number of guanidine groups is 1. The van der Waals surface area contributed by atoms with Gasteiger partial charge in [-0.2, -0.15) is 0 Å². The maximum Gasteiger partial charge on any atom is 0.224 e. The van der Waals surface area contributed by atoms with Crippen molar-refractivity contribution in [1.29, 1.82) is 0 Å². The summed E-state index contributed by atoms with van der Waals surface area (Å²) in [6.45, 7) is 9.93. The zero-order valence-corrected chi connectivity index (χ0v) is 19.1. The second-order valence-corrected chi connectivity index (χ2v) is 6.69. The van der Waals surface area contributed by atoms with Crippen molar-refractivity contribution in [2.75, 3.05) is 26.2 Å². The van der Waals surface area contributed by atoms with Crippen LogP contribution in [0.25, 0.3) is 0 Å². The Labute approximate surface area is 179 Å². The fourth-order valence-electron chi connectivity index (χ4n) is 3.21. The zero-order chi connectivity index (χ0) is 18.8. The van der Waals surface area contributed by atoms with Gasteiger partial charge in [0.05, 0.1) is 5.69 Å². The summed E-state index contributed by atoms with van der Waals surface area (Å²) >= 11 is 0. The molecule has 2 N–H and O–H groups in total. The minimum absolute atomic E-state index is 0. The van der Waals surface area contributed by atoms with Gasteiger partial charge >= 0.3 is 0 Å². The molecule has 0 bridgehead atoms. The first-order valence-corrected chi connectivity index (χ1v) is 9.93. The average molecular weight is 491 g/mol. The van der Waals surface area contributed by atoms with Crippen LogP contribution in [0, 0.1) is 0 Å². The second-order valence-electron chi connectivity index (χ2n) is 6.69. The van der Waals surface area contributed by atoms with Gasteiger partial charge in [-0.15, -0.1) is 24.0 Å². The standard InChI is InChI=1S/C19H33N5O2.HI/c1-4-15(5-2)17-13-16(26-23-17)14-22-19(20-6-3)21-10-9-18(25)24-11-7-8-12-24;/h13,15H,4-12,14H2,1-3H3,(H2,20,21,22);1H. The van der Waals surface area contributed by atoms with Gasteiger partial charge in [0.2, 0.25) is 5.91 Å². The van der Waals surface area contributed by atoms with Gasteiger partial charge in [-0.3, -0.25) is 4.79 Å². The molecule has 1 aliphatic rings. The maximum absolute atomic E-state index is 12.1. The van der Waals surface area contributed by atoms with Crippen LogP contribution in [0.15, 0.2) is 15.6 Å². The number of nitrogens with one attached hydrogen (secondary N) is 2. The van der Waals surface area contributed by atoms with E-state index >= 15 is 0 Å². The molecule has 1 aromatic heterocycles. The van der Waals surface area contributed by atoms with Gasteiger partial charge in [0.25, 0.3) is 0 Å². The van der Waals surface area contributed by atoms with Gasteiger partial charge in [-0.1, -0.05) is 19.0 Å². The van der Waals surface area contributed by atoms with Crippen molar-refractivity contribution in [3.8, 4) is 0 Å². The van der Waals surface area contributed by atoms with Crippen molar-refractivity contribution in [3.05, 3.63) is 17.5 Å². The van der Waals surface area contributed by atoms with Gasteiger partial charge in [0.15, 0.2) is 11.7 Å². The number of rotatable bonds is 9. The van der Waals surface area contributed by atoms with Crippen molar-refractivity contribution in [1.82, 2.24) is 20.7 Å². The molecule has 0 atom stereocenters. The number of hydrogen-bond donors (Lipinski definition) is 2. The predicted octanol–water partition coefficient (Wildman–Crippen LogP) is 3.26. The van der Waals surface area contributed by atoms with Crippen LogP contribution in [-0.2, 0) is 11.3 Å². The summed E-state index contributed by atoms with van der Waals surface area (Å²) in [5, 5.41) is 10.6. The number of nitrogens with zero attached hydrogens (tertiary/aromatic N) is 3. The molecule has 0 aliphatic carbocycles. The van der Waals surface area contributed by atoms with E-state index in [1.165, 1.54) is 0 Å². The van der Waals surface area contributed by atoms with E-state index in [9.17, 15) is 4.79 Å². The van der Waals surface area contributed by atoms with Crippen molar-refractivity contribution in [2.24, 2.45) is 4.99 Å². The summed E-state index contributed by atoms with van der Waals surface area (Å²) in [4.78, 5) is 18.6. The first-order valence-electron chi connectivity index (χ1n) is 9.93. The third-order valence-electron chi connectivity index (χ3n) is 4.81. The largest absolute Gasteiger partial charge is 0.359 e. The van der Waals surface area contributed by atoms with E-state index in [1.54, 1.807) is 0 Å². The van der Waals surface area contributed by atoms with Crippen LogP contribution >= 0.6 is 24.0 Å². The number of halogens is 1. The Morgan fingerprint density at radius 3 is 2.59 bits per heavy atom. The van der Waals surface area contributed by atoms with Crippen LogP contribution in [0.1, 0.15) is 70.2 Å². The van der Waals surface area contributed by atoms with Crippen LogP contribution in [0.3, 0.4) is 0 Å². The Bertz CT molecular complexity index is 580. The Kier molecular flexibility index (Phi) is 11.4. The fourth-order valence-corrected chi connectivity index (χ4v) is 3.21. The lowest BCUT2D eigenvalue weighted by atomic mass is 9.99. The Balaban J connectivity index is 0.00000364. The van der Waals surface area contributed by atoms with Crippen molar-refractivity contribution < 1.29 is 9.32 Å². The van der Waals surface area contributed by atoms with E-state index in [-0.39, 0.29) is 29.9 Å². The quantitative estimate of drug-likeness (QED) is 0.315. The lowest BCUT2D eigenvalue weighted by Crippen LogP contribution is -2.39. The zero-order valence-electron chi connectivity index (χ0n) is 16.8. The van der Waals surface area contributed by atoms with Crippen molar-refractivity contribution in [2.45, 2.75) is 65.3 Å². The third-order valence-corrected chi connectivity index (χ3v) is 4.81. The molecule has 1 amide bonds. The average Bonchev–Trinajstić information content (AvgIpc) is 3.33. The fraction of sp³-hybridized carbons (Fsp3) is 0.737. The molecule has 2 heterocycles. The SMILES string of the molecule is CCNC(=NCc1cc(C(CC)CC)no1)NCCC(=O)N1CCCC1.I. The highest BCUT2D eigenvalue weighted by Crippen LogP contribution is 2.22. The molecule has 154 valence electrons. The number of carbonyl (C=O) groups is 1. The summed E-state index contributed by atoms with van der Waals surface area (Å²) in [5.41, 5.74) is 1.01. The van der Waals surface area contributed by atoms with Gasteiger partial charge in [0.1, 0.15) is 6.54 Å². The Hall–Kier alpha value is -1.32. The lowest BCUT2D eigenvalue weighted by molar-refractivity contribution is -0.129. The normalized spacial score (nSPS) is 14.4. The highest BCUT2D eigenvalue weighted by molar-refractivity contribution is 14.0. The summed E-state index contributed by atoms with van der Waals surface area (Å²) in [6, 6.07) is 2.00. The van der Waals surface area contributed by atoms with Crippen LogP contribution in [-0.4, -0.2) is 48.1 Å². The van der Waals surface area contributed by atoms with E-state index in [4.69, 9.17) is 4.52 Å². The summed E-state index contributed by atoms with van der Waals surface area (Å²) in [6.07, 6.45) is 4.85. The van der Waals surface area contributed by atoms with Crippen LogP contribution in [0.2, 0.25) is 0 Å². The van der Waals surface area contributed by atoms with E-state index in [0.29, 0.717) is 31.4 Å². The monoisotopic (exact) mass is 491 g/mol. The number of aromatic nitrogens is 1. The molecule has 1 aromatic rings. The highest BCUT2D eigenvalue weighted by atomic mass is 127. The summed E-state index contributed by atoms with van der Waals surface area (Å²) in [5.74, 6) is 2.12. The Morgan fingerprint density at radius 2 is 1.96 bits per heavy atom. The van der Waals surface area contributed by atoms with Crippen molar-refractivity contribution in [3.63, 3.8) is 0 Å². The van der Waals surface area contributed by atoms with Gasteiger partial charge in [-0.25, -0.2) is 4.99 Å². The number of carbonyl (C=O) groups excluding carboxylic acids is 1. The maximum atomic E-state index is 12.1. The molecular formula is C19H34IN5O2. The van der Waals surface area contributed by atoms with Gasteiger partial charge < -0.3 is 20.1 Å². The topological polar surface area (TPSA) is 82.8 Å².